The number of rotatable bonds is 3. The summed E-state index contributed by atoms with van der Waals surface area (Å²) in [5.41, 5.74) is 0. The Balaban J connectivity index is 3.83. The van der Waals surface area contributed by atoms with E-state index in [0.717, 1.165) is 0 Å². The quantitative estimate of drug-likeness (QED) is 0.665. The number of ketones is 1. The summed E-state index contributed by atoms with van der Waals surface area (Å²) in [5.74, 6) is 0.242. The maximum absolute atomic E-state index is 10.8. The SMILES string of the molecule is CSC(C(C)=O)C(C)Br. The zero-order valence-corrected chi connectivity index (χ0v) is 8.25. The van der Waals surface area contributed by atoms with Crippen LogP contribution < -0.4 is 0 Å². The molecule has 0 heterocycles. The average molecular weight is 211 g/mol. The Morgan fingerprint density at radius 3 is 2.11 bits per heavy atom. The molecule has 0 fully saturated rings. The summed E-state index contributed by atoms with van der Waals surface area (Å²) < 4.78 is 0. The van der Waals surface area contributed by atoms with Gasteiger partial charge in [-0.3, -0.25) is 4.79 Å². The monoisotopic (exact) mass is 210 g/mol. The molecule has 0 saturated carbocycles. The van der Waals surface area contributed by atoms with E-state index < -0.39 is 0 Å². The molecule has 0 aromatic heterocycles. The van der Waals surface area contributed by atoms with E-state index >= 15 is 0 Å². The van der Waals surface area contributed by atoms with Crippen molar-refractivity contribution in [3.8, 4) is 0 Å². The normalized spacial score (nSPS) is 16.9. The van der Waals surface area contributed by atoms with Gasteiger partial charge in [-0.2, -0.15) is 11.8 Å². The molecule has 0 aliphatic heterocycles. The largest absolute Gasteiger partial charge is 0.299 e. The molecular formula is C6H11BrOS. The molecule has 0 amide bonds. The smallest absolute Gasteiger partial charge is 0.143 e. The van der Waals surface area contributed by atoms with Crippen molar-refractivity contribution >= 4 is 33.5 Å². The van der Waals surface area contributed by atoms with Crippen LogP contribution >= 0.6 is 27.7 Å². The Morgan fingerprint density at radius 1 is 1.67 bits per heavy atom. The fraction of sp³-hybridized carbons (Fsp3) is 0.833. The fourth-order valence-electron chi connectivity index (χ4n) is 0.677. The molecule has 0 rings (SSSR count). The van der Waals surface area contributed by atoms with Crippen LogP contribution in [0.2, 0.25) is 0 Å². The van der Waals surface area contributed by atoms with Gasteiger partial charge < -0.3 is 0 Å². The minimum Gasteiger partial charge on any atom is -0.299 e. The first-order chi connectivity index (χ1) is 4.09. The molecule has 2 atom stereocenters. The van der Waals surface area contributed by atoms with Gasteiger partial charge in [0.1, 0.15) is 5.78 Å². The fourth-order valence-corrected chi connectivity index (χ4v) is 2.40. The lowest BCUT2D eigenvalue weighted by Crippen LogP contribution is -2.21. The predicted molar refractivity (Wildman–Crippen MR) is 46.4 cm³/mol. The first-order valence-electron chi connectivity index (χ1n) is 2.77. The number of thioether (sulfide) groups is 1. The number of Topliss-reactive ketones (excluding diaryl/α,β-unsaturated/α-hetero) is 1. The van der Waals surface area contributed by atoms with E-state index in [9.17, 15) is 4.79 Å². The first-order valence-corrected chi connectivity index (χ1v) is 4.97. The summed E-state index contributed by atoms with van der Waals surface area (Å²) in [4.78, 5) is 11.0. The molecule has 2 unspecified atom stereocenters. The van der Waals surface area contributed by atoms with Gasteiger partial charge in [0.2, 0.25) is 0 Å². The van der Waals surface area contributed by atoms with Gasteiger partial charge in [0, 0.05) is 4.83 Å². The zero-order valence-electron chi connectivity index (χ0n) is 5.85. The van der Waals surface area contributed by atoms with Gasteiger partial charge >= 0.3 is 0 Å². The van der Waals surface area contributed by atoms with Gasteiger partial charge in [-0.05, 0) is 13.2 Å². The second-order valence-corrected chi connectivity index (χ2v) is 4.37. The van der Waals surface area contributed by atoms with Crippen LogP contribution in [0.5, 0.6) is 0 Å². The minimum atomic E-state index is 0.116. The van der Waals surface area contributed by atoms with Gasteiger partial charge in [0.05, 0.1) is 5.25 Å². The Kier molecular flexibility index (Phi) is 4.58. The molecule has 0 aromatic carbocycles. The molecular weight excluding hydrogens is 200 g/mol. The van der Waals surface area contributed by atoms with Crippen LogP contribution in [0.1, 0.15) is 13.8 Å². The van der Waals surface area contributed by atoms with Crippen molar-refractivity contribution in [2.45, 2.75) is 23.9 Å². The third-order valence-corrected chi connectivity index (χ3v) is 3.20. The second kappa shape index (κ2) is 4.34. The summed E-state index contributed by atoms with van der Waals surface area (Å²) in [6.45, 7) is 3.61. The number of alkyl halides is 1. The summed E-state index contributed by atoms with van der Waals surface area (Å²) in [6, 6.07) is 0. The zero-order chi connectivity index (χ0) is 7.44. The van der Waals surface area contributed by atoms with E-state index in [1.165, 1.54) is 0 Å². The van der Waals surface area contributed by atoms with Crippen molar-refractivity contribution in [1.82, 2.24) is 0 Å². The summed E-state index contributed by atoms with van der Waals surface area (Å²) in [6.07, 6.45) is 1.95. The number of hydrogen-bond donors (Lipinski definition) is 0. The highest BCUT2D eigenvalue weighted by Crippen LogP contribution is 2.17. The highest BCUT2D eigenvalue weighted by molar-refractivity contribution is 9.09. The van der Waals surface area contributed by atoms with Crippen LogP contribution in [-0.4, -0.2) is 22.1 Å². The minimum absolute atomic E-state index is 0.116. The van der Waals surface area contributed by atoms with E-state index in [-0.39, 0.29) is 15.9 Å². The van der Waals surface area contributed by atoms with Gasteiger partial charge in [-0.25, -0.2) is 0 Å². The number of carbonyl (C=O) groups excluding carboxylic acids is 1. The van der Waals surface area contributed by atoms with Crippen LogP contribution in [0, 0.1) is 0 Å². The molecule has 0 bridgehead atoms. The molecule has 0 spiro atoms. The summed E-state index contributed by atoms with van der Waals surface area (Å²) in [7, 11) is 0. The van der Waals surface area contributed by atoms with Crippen LogP contribution in [0.15, 0.2) is 0 Å². The summed E-state index contributed by atoms with van der Waals surface area (Å²) in [5, 5.41) is 0.116. The van der Waals surface area contributed by atoms with Crippen molar-refractivity contribution in [3.63, 3.8) is 0 Å². The Labute approximate surface area is 68.7 Å². The lowest BCUT2D eigenvalue weighted by Gasteiger charge is -2.11. The Bertz CT molecular complexity index is 103. The lowest BCUT2D eigenvalue weighted by molar-refractivity contribution is -0.116. The number of carbonyl (C=O) groups is 1. The molecule has 54 valence electrons. The molecule has 0 N–H and O–H groups in total. The molecule has 0 saturated heterocycles. The predicted octanol–water partition coefficient (Wildman–Crippen LogP) is 2.09. The average Bonchev–Trinajstić information content (AvgIpc) is 1.64. The highest BCUT2D eigenvalue weighted by atomic mass is 79.9. The van der Waals surface area contributed by atoms with Crippen molar-refractivity contribution in [2.75, 3.05) is 6.26 Å². The third kappa shape index (κ3) is 3.26. The molecule has 3 heteroatoms. The van der Waals surface area contributed by atoms with Crippen LogP contribution in [-0.2, 0) is 4.79 Å². The highest BCUT2D eigenvalue weighted by Gasteiger charge is 2.17. The van der Waals surface area contributed by atoms with Gasteiger partial charge in [0.25, 0.3) is 0 Å². The van der Waals surface area contributed by atoms with E-state index in [2.05, 4.69) is 15.9 Å². The molecule has 9 heavy (non-hydrogen) atoms. The van der Waals surface area contributed by atoms with Crippen molar-refractivity contribution in [3.05, 3.63) is 0 Å². The van der Waals surface area contributed by atoms with Crippen LogP contribution in [0.4, 0.5) is 0 Å². The lowest BCUT2D eigenvalue weighted by atomic mass is 10.2. The van der Waals surface area contributed by atoms with Crippen molar-refractivity contribution in [1.29, 1.82) is 0 Å². The maximum Gasteiger partial charge on any atom is 0.143 e. The van der Waals surface area contributed by atoms with E-state index in [4.69, 9.17) is 0 Å². The van der Waals surface area contributed by atoms with Gasteiger partial charge in [-0.1, -0.05) is 22.9 Å². The first kappa shape index (κ1) is 9.50. The number of hydrogen-bond acceptors (Lipinski definition) is 2. The van der Waals surface area contributed by atoms with Gasteiger partial charge in [0.15, 0.2) is 0 Å². The standard InChI is InChI=1S/C6H11BrOS/c1-4(7)6(9-3)5(2)8/h4,6H,1-3H3. The van der Waals surface area contributed by atoms with Crippen molar-refractivity contribution < 1.29 is 4.79 Å². The topological polar surface area (TPSA) is 17.1 Å². The van der Waals surface area contributed by atoms with Crippen molar-refractivity contribution in [2.24, 2.45) is 0 Å². The Hall–Kier alpha value is 0.500. The third-order valence-electron chi connectivity index (χ3n) is 1.07. The van der Waals surface area contributed by atoms with E-state index in [1.807, 2.05) is 13.2 Å². The second-order valence-electron chi connectivity index (χ2n) is 1.94. The van der Waals surface area contributed by atoms with Gasteiger partial charge in [-0.15, -0.1) is 0 Å². The summed E-state index contributed by atoms with van der Waals surface area (Å²) >= 11 is 4.95. The maximum atomic E-state index is 10.8. The molecule has 0 aliphatic carbocycles. The number of halogens is 1. The van der Waals surface area contributed by atoms with Crippen LogP contribution in [0.25, 0.3) is 0 Å². The molecule has 0 aliphatic rings. The Morgan fingerprint density at radius 2 is 2.11 bits per heavy atom. The van der Waals surface area contributed by atoms with E-state index in [1.54, 1.807) is 18.7 Å². The molecule has 0 radical (unpaired) electrons. The molecule has 0 aromatic rings. The van der Waals surface area contributed by atoms with E-state index in [0.29, 0.717) is 0 Å². The molecule has 1 nitrogen and oxygen atoms in total. The van der Waals surface area contributed by atoms with Crippen LogP contribution in [0.3, 0.4) is 0 Å².